The summed E-state index contributed by atoms with van der Waals surface area (Å²) >= 11 is 0. The number of nitrogens with zero attached hydrogens (tertiary/aromatic N) is 1. The zero-order valence-corrected chi connectivity index (χ0v) is 11.7. The zero-order chi connectivity index (χ0) is 10.8. The van der Waals surface area contributed by atoms with Crippen LogP contribution in [0.4, 0.5) is 11.4 Å². The van der Waals surface area contributed by atoms with E-state index in [4.69, 9.17) is 11.5 Å². The molecule has 1 aromatic carbocycles. The van der Waals surface area contributed by atoms with Gasteiger partial charge in [-0.25, -0.2) is 0 Å². The molecule has 98 valence electrons. The minimum absolute atomic E-state index is 0. The van der Waals surface area contributed by atoms with Gasteiger partial charge >= 0.3 is 0 Å². The van der Waals surface area contributed by atoms with E-state index in [-0.39, 0.29) is 30.9 Å². The molecule has 1 aliphatic heterocycles. The highest BCUT2D eigenvalue weighted by atomic mass is 35.5. The summed E-state index contributed by atoms with van der Waals surface area (Å²) in [5, 5.41) is 0. The molecule has 0 bridgehead atoms. The number of nitrogens with two attached hydrogens (primary N) is 2. The summed E-state index contributed by atoms with van der Waals surface area (Å²) in [6.45, 7) is 4.05. The van der Waals surface area contributed by atoms with Gasteiger partial charge in [0.2, 0.25) is 0 Å². The van der Waals surface area contributed by atoms with Crippen molar-refractivity contribution in [3.05, 3.63) is 23.8 Å². The molecule has 2 rings (SSSR count). The van der Waals surface area contributed by atoms with Crippen molar-refractivity contribution in [1.29, 1.82) is 0 Å². The minimum Gasteiger partial charge on any atom is -0.398 e. The molecule has 0 fully saturated rings. The van der Waals surface area contributed by atoms with E-state index in [0.717, 1.165) is 25.2 Å². The molecular weight excluding hydrogens is 257 g/mol. The molecule has 1 aliphatic rings. The summed E-state index contributed by atoms with van der Waals surface area (Å²) in [6, 6.07) is 6.35. The first-order valence-corrected chi connectivity index (χ1v) is 5.56. The summed E-state index contributed by atoms with van der Waals surface area (Å²) in [7, 11) is 0. The Morgan fingerprint density at radius 2 is 2.06 bits per heavy atom. The summed E-state index contributed by atoms with van der Waals surface area (Å²) in [4.78, 5) is 2.35. The Morgan fingerprint density at radius 3 is 2.71 bits per heavy atom. The first-order chi connectivity index (χ1) is 7.18. The molecule has 4 N–H and O–H groups in total. The van der Waals surface area contributed by atoms with Gasteiger partial charge in [0.05, 0.1) is 0 Å². The van der Waals surface area contributed by atoms with E-state index in [9.17, 15) is 0 Å². The van der Waals surface area contributed by atoms with Gasteiger partial charge in [0.15, 0.2) is 0 Å². The number of nitrogen functional groups attached to an aromatic ring is 1. The number of benzene rings is 1. The Bertz CT molecular complexity index is 356. The van der Waals surface area contributed by atoms with E-state index in [0.29, 0.717) is 0 Å². The number of rotatable bonds is 2. The first-order valence-electron chi connectivity index (χ1n) is 5.56. The summed E-state index contributed by atoms with van der Waals surface area (Å²) < 4.78 is 0. The molecule has 5 heteroatoms. The fourth-order valence-corrected chi connectivity index (χ4v) is 2.27. The normalized spacial score (nSPS) is 15.3. The molecular formula is C12H21Cl2N3. The second-order valence-corrected chi connectivity index (χ2v) is 4.37. The van der Waals surface area contributed by atoms with Gasteiger partial charge in [-0.15, -0.1) is 24.8 Å². The first kappa shape index (κ1) is 16.4. The van der Waals surface area contributed by atoms with E-state index >= 15 is 0 Å². The third-order valence-electron chi connectivity index (χ3n) is 2.89. The fourth-order valence-electron chi connectivity index (χ4n) is 2.27. The lowest BCUT2D eigenvalue weighted by molar-refractivity contribution is 0.634. The highest BCUT2D eigenvalue weighted by Gasteiger charge is 2.18. The SMILES string of the molecule is CC(N)CN1CCCc2c(N)cccc21.Cl.Cl. The molecule has 0 radical (unpaired) electrons. The Balaban J connectivity index is 0.00000128. The van der Waals surface area contributed by atoms with Crippen LogP contribution in [0.5, 0.6) is 0 Å². The number of fused-ring (bicyclic) bond motifs is 1. The standard InChI is InChI=1S/C12H19N3.2ClH/c1-9(13)8-15-7-3-4-10-11(14)5-2-6-12(10)15;;/h2,5-6,9H,3-4,7-8,13-14H2,1H3;2*1H. The predicted octanol–water partition coefficient (Wildman–Crippen LogP) is 2.21. The van der Waals surface area contributed by atoms with E-state index in [2.05, 4.69) is 11.0 Å². The van der Waals surface area contributed by atoms with E-state index < -0.39 is 0 Å². The maximum atomic E-state index is 5.98. The van der Waals surface area contributed by atoms with Gasteiger partial charge in [-0.2, -0.15) is 0 Å². The highest BCUT2D eigenvalue weighted by Crippen LogP contribution is 2.30. The molecule has 1 unspecified atom stereocenters. The number of hydrogen-bond acceptors (Lipinski definition) is 3. The topological polar surface area (TPSA) is 55.3 Å². The monoisotopic (exact) mass is 277 g/mol. The van der Waals surface area contributed by atoms with Crippen LogP contribution < -0.4 is 16.4 Å². The fraction of sp³-hybridized carbons (Fsp3) is 0.500. The molecule has 17 heavy (non-hydrogen) atoms. The Kier molecular flexibility index (Phi) is 6.68. The van der Waals surface area contributed by atoms with Crippen molar-refractivity contribution in [2.24, 2.45) is 5.73 Å². The molecule has 0 amide bonds. The predicted molar refractivity (Wildman–Crippen MR) is 79.5 cm³/mol. The van der Waals surface area contributed by atoms with Crippen LogP contribution in [-0.2, 0) is 6.42 Å². The second-order valence-electron chi connectivity index (χ2n) is 4.37. The molecule has 1 atom stereocenters. The van der Waals surface area contributed by atoms with Crippen LogP contribution in [0.2, 0.25) is 0 Å². The van der Waals surface area contributed by atoms with Crippen LogP contribution in [0.15, 0.2) is 18.2 Å². The van der Waals surface area contributed by atoms with Crippen molar-refractivity contribution in [1.82, 2.24) is 0 Å². The molecule has 0 aromatic heterocycles. The highest BCUT2D eigenvalue weighted by molar-refractivity contribution is 5.85. The molecule has 1 heterocycles. The van der Waals surface area contributed by atoms with Crippen LogP contribution in [0.1, 0.15) is 18.9 Å². The van der Waals surface area contributed by atoms with Gasteiger partial charge in [0.1, 0.15) is 0 Å². The minimum atomic E-state index is 0. The van der Waals surface area contributed by atoms with Gasteiger partial charge in [-0.3, -0.25) is 0 Å². The van der Waals surface area contributed by atoms with Crippen molar-refractivity contribution in [3.8, 4) is 0 Å². The molecule has 3 nitrogen and oxygen atoms in total. The average molecular weight is 278 g/mol. The lowest BCUT2D eigenvalue weighted by atomic mass is 9.99. The third kappa shape index (κ3) is 3.66. The maximum Gasteiger partial charge on any atom is 0.0420 e. The van der Waals surface area contributed by atoms with Gasteiger partial charge in [0.25, 0.3) is 0 Å². The van der Waals surface area contributed by atoms with E-state index in [1.807, 2.05) is 19.1 Å². The van der Waals surface area contributed by atoms with E-state index in [1.54, 1.807) is 0 Å². The lowest BCUT2D eigenvalue weighted by Crippen LogP contribution is -2.38. The molecule has 0 spiro atoms. The smallest absolute Gasteiger partial charge is 0.0420 e. The van der Waals surface area contributed by atoms with Crippen molar-refractivity contribution in [2.75, 3.05) is 23.7 Å². The molecule has 0 aliphatic carbocycles. The van der Waals surface area contributed by atoms with Crippen LogP contribution in [0.3, 0.4) is 0 Å². The Morgan fingerprint density at radius 1 is 1.35 bits per heavy atom. The van der Waals surface area contributed by atoms with Crippen molar-refractivity contribution >= 4 is 36.2 Å². The van der Waals surface area contributed by atoms with Crippen LogP contribution in [0.25, 0.3) is 0 Å². The van der Waals surface area contributed by atoms with Gasteiger partial charge in [-0.1, -0.05) is 6.07 Å². The summed E-state index contributed by atoms with van der Waals surface area (Å²) in [5.41, 5.74) is 15.3. The second kappa shape index (κ2) is 6.94. The molecule has 1 aromatic rings. The van der Waals surface area contributed by atoms with E-state index in [1.165, 1.54) is 17.7 Å². The van der Waals surface area contributed by atoms with Gasteiger partial charge in [-0.05, 0) is 37.5 Å². The van der Waals surface area contributed by atoms with Gasteiger partial charge < -0.3 is 16.4 Å². The number of hydrogen-bond donors (Lipinski definition) is 2. The third-order valence-corrected chi connectivity index (χ3v) is 2.89. The summed E-state index contributed by atoms with van der Waals surface area (Å²) in [6.07, 6.45) is 2.27. The molecule has 0 saturated heterocycles. The average Bonchev–Trinajstić information content (AvgIpc) is 2.19. The lowest BCUT2D eigenvalue weighted by Gasteiger charge is -2.33. The van der Waals surface area contributed by atoms with Crippen molar-refractivity contribution in [3.63, 3.8) is 0 Å². The van der Waals surface area contributed by atoms with Crippen LogP contribution in [0, 0.1) is 0 Å². The quantitative estimate of drug-likeness (QED) is 0.815. The van der Waals surface area contributed by atoms with Crippen molar-refractivity contribution < 1.29 is 0 Å². The summed E-state index contributed by atoms with van der Waals surface area (Å²) in [5.74, 6) is 0. The molecule has 0 saturated carbocycles. The number of halogens is 2. The van der Waals surface area contributed by atoms with Crippen molar-refractivity contribution in [2.45, 2.75) is 25.8 Å². The number of anilines is 2. The Labute approximate surface area is 115 Å². The largest absolute Gasteiger partial charge is 0.398 e. The maximum absolute atomic E-state index is 5.98. The zero-order valence-electron chi connectivity index (χ0n) is 10.1. The Hall–Kier alpha value is -0.640. The van der Waals surface area contributed by atoms with Gasteiger partial charge in [0, 0.05) is 30.5 Å². The van der Waals surface area contributed by atoms with Crippen LogP contribution in [-0.4, -0.2) is 19.1 Å². The van der Waals surface area contributed by atoms with Crippen LogP contribution >= 0.6 is 24.8 Å².